The van der Waals surface area contributed by atoms with Crippen LogP contribution in [-0.2, 0) is 11.3 Å². The summed E-state index contributed by atoms with van der Waals surface area (Å²) in [6, 6.07) is 8.47. The van der Waals surface area contributed by atoms with Crippen LogP contribution in [0.3, 0.4) is 0 Å². The summed E-state index contributed by atoms with van der Waals surface area (Å²) in [4.78, 5) is 37.0. The lowest BCUT2D eigenvalue weighted by molar-refractivity contribution is -0.115. The van der Waals surface area contributed by atoms with Crippen molar-refractivity contribution < 1.29 is 14.0 Å². The summed E-state index contributed by atoms with van der Waals surface area (Å²) in [6.07, 6.45) is 10.6. The van der Waals surface area contributed by atoms with E-state index >= 15 is 0 Å². The third-order valence-electron chi connectivity index (χ3n) is 5.84. The fourth-order valence-corrected chi connectivity index (χ4v) is 4.65. The molecule has 3 N–H and O–H groups in total. The Labute approximate surface area is 208 Å². The second-order valence-electron chi connectivity index (χ2n) is 8.24. The van der Waals surface area contributed by atoms with E-state index in [0.29, 0.717) is 29.1 Å². The zero-order chi connectivity index (χ0) is 24.6. The van der Waals surface area contributed by atoms with Crippen molar-refractivity contribution in [2.45, 2.75) is 51.2 Å². The highest BCUT2D eigenvalue weighted by molar-refractivity contribution is 8.18. The lowest BCUT2D eigenvalue weighted by Crippen LogP contribution is -2.34. The fraction of sp³-hybridized carbons (Fsp3) is 0.320. The first-order valence-corrected chi connectivity index (χ1v) is 12.3. The van der Waals surface area contributed by atoms with Crippen molar-refractivity contribution in [1.82, 2.24) is 20.9 Å². The molecule has 2 fully saturated rings. The molecular formula is C25H28N6O3S. The van der Waals surface area contributed by atoms with Crippen LogP contribution >= 0.6 is 11.8 Å². The van der Waals surface area contributed by atoms with Crippen LogP contribution in [0.2, 0.25) is 0 Å². The number of amides is 2. The molecule has 0 atom stereocenters. The number of aromatic nitrogens is 1. The Hall–Kier alpha value is -3.50. The molecule has 182 valence electrons. The molecule has 0 aromatic carbocycles. The Bertz CT molecular complexity index is 1160. The quantitative estimate of drug-likeness (QED) is 0.301. The van der Waals surface area contributed by atoms with Gasteiger partial charge in [0.1, 0.15) is 0 Å². The molecule has 2 aliphatic rings. The standard InChI is InChI=1S/C25H28N6O3S/c1-3-17(13-22-23(32)31-25(33)35-22)29-24(26-2)30-19-9-7-18(8-10-19)27-14-20-5-4-6-21(28-20)16-11-12-34-15-16/h3-6,11-13,15,18-19,27H,2,7-10,14H2,1H3,(H,29,30)(H,31,32,33)/b17-3-,22-13-. The zero-order valence-electron chi connectivity index (χ0n) is 19.5. The molecule has 1 aliphatic heterocycles. The maximum Gasteiger partial charge on any atom is 0.290 e. The normalized spacial score (nSPS) is 22.4. The monoisotopic (exact) mass is 492 g/mol. The van der Waals surface area contributed by atoms with Crippen LogP contribution in [-0.4, -0.2) is 40.9 Å². The zero-order valence-corrected chi connectivity index (χ0v) is 20.3. The highest BCUT2D eigenvalue weighted by atomic mass is 32.2. The number of rotatable bonds is 7. The maximum absolute atomic E-state index is 11.8. The van der Waals surface area contributed by atoms with Crippen molar-refractivity contribution in [2.24, 2.45) is 9.98 Å². The van der Waals surface area contributed by atoms with E-state index in [2.05, 4.69) is 27.7 Å². The van der Waals surface area contributed by atoms with Gasteiger partial charge in [0, 0.05) is 23.8 Å². The molecule has 0 unspecified atom stereocenters. The van der Waals surface area contributed by atoms with Crippen LogP contribution in [0.25, 0.3) is 11.3 Å². The van der Waals surface area contributed by atoms with Crippen molar-refractivity contribution in [3.05, 3.63) is 65.2 Å². The molecular weight excluding hydrogens is 464 g/mol. The van der Waals surface area contributed by atoms with E-state index < -0.39 is 5.91 Å². The number of carbonyl (C=O) groups is 2. The molecule has 1 saturated carbocycles. The Kier molecular flexibility index (Phi) is 8.27. The summed E-state index contributed by atoms with van der Waals surface area (Å²) >= 11 is 0.870. The fourth-order valence-electron chi connectivity index (χ4n) is 3.98. The van der Waals surface area contributed by atoms with Gasteiger partial charge in [0.05, 0.1) is 34.9 Å². The van der Waals surface area contributed by atoms with Crippen molar-refractivity contribution in [3.63, 3.8) is 0 Å². The van der Waals surface area contributed by atoms with Crippen LogP contribution in [0.5, 0.6) is 0 Å². The van der Waals surface area contributed by atoms with Gasteiger partial charge in [-0.1, -0.05) is 12.1 Å². The largest absolute Gasteiger partial charge is 0.472 e. The van der Waals surface area contributed by atoms with E-state index in [9.17, 15) is 9.59 Å². The third-order valence-corrected chi connectivity index (χ3v) is 6.65. The van der Waals surface area contributed by atoms with Gasteiger partial charge < -0.3 is 15.1 Å². The van der Waals surface area contributed by atoms with E-state index in [1.54, 1.807) is 24.7 Å². The van der Waals surface area contributed by atoms with Crippen molar-refractivity contribution in [2.75, 3.05) is 0 Å². The number of allylic oxidation sites excluding steroid dienone is 2. The number of carbonyl (C=O) groups excluding carboxylic acids is 2. The molecule has 1 saturated heterocycles. The summed E-state index contributed by atoms with van der Waals surface area (Å²) in [5, 5.41) is 8.59. The molecule has 9 nitrogen and oxygen atoms in total. The summed E-state index contributed by atoms with van der Waals surface area (Å²) in [5.41, 5.74) is 3.50. The molecule has 2 amide bonds. The molecule has 2 aromatic heterocycles. The molecule has 10 heteroatoms. The summed E-state index contributed by atoms with van der Waals surface area (Å²) in [7, 11) is 0. The first kappa shape index (κ1) is 24.6. The number of furan rings is 1. The molecule has 3 heterocycles. The predicted molar refractivity (Wildman–Crippen MR) is 138 cm³/mol. The first-order chi connectivity index (χ1) is 17.0. The summed E-state index contributed by atoms with van der Waals surface area (Å²) in [6.45, 7) is 6.16. The number of imide groups is 1. The van der Waals surface area contributed by atoms with Gasteiger partial charge in [-0.25, -0.2) is 9.98 Å². The van der Waals surface area contributed by atoms with E-state index in [1.807, 2.05) is 31.2 Å². The predicted octanol–water partition coefficient (Wildman–Crippen LogP) is 4.16. The third kappa shape index (κ3) is 6.77. The van der Waals surface area contributed by atoms with Gasteiger partial charge in [0.15, 0.2) is 0 Å². The lowest BCUT2D eigenvalue weighted by atomic mass is 9.91. The summed E-state index contributed by atoms with van der Waals surface area (Å²) < 4.78 is 5.16. The molecule has 35 heavy (non-hydrogen) atoms. The maximum atomic E-state index is 11.8. The highest BCUT2D eigenvalue weighted by Gasteiger charge is 2.25. The van der Waals surface area contributed by atoms with E-state index in [4.69, 9.17) is 14.4 Å². The topological polar surface area (TPSA) is 121 Å². The molecule has 0 spiro atoms. The van der Waals surface area contributed by atoms with Gasteiger partial charge in [-0.15, -0.1) is 0 Å². The minimum absolute atomic E-state index is 0.139. The van der Waals surface area contributed by atoms with Crippen molar-refractivity contribution in [1.29, 1.82) is 0 Å². The second kappa shape index (κ2) is 11.8. The number of hydrogen-bond donors (Lipinski definition) is 3. The molecule has 2 aromatic rings. The Morgan fingerprint density at radius 3 is 2.77 bits per heavy atom. The van der Waals surface area contributed by atoms with Crippen LogP contribution in [0.1, 0.15) is 38.3 Å². The van der Waals surface area contributed by atoms with Gasteiger partial charge in [-0.2, -0.15) is 0 Å². The van der Waals surface area contributed by atoms with Gasteiger partial charge in [0.2, 0.25) is 5.96 Å². The van der Waals surface area contributed by atoms with E-state index in [1.165, 1.54) is 0 Å². The second-order valence-corrected chi connectivity index (χ2v) is 9.26. The molecule has 0 bridgehead atoms. The highest BCUT2D eigenvalue weighted by Crippen LogP contribution is 2.25. The number of thioether (sulfide) groups is 1. The first-order valence-electron chi connectivity index (χ1n) is 11.5. The average molecular weight is 493 g/mol. The van der Waals surface area contributed by atoms with Crippen LogP contribution < -0.4 is 16.0 Å². The van der Waals surface area contributed by atoms with Gasteiger partial charge in [-0.3, -0.25) is 19.9 Å². The van der Waals surface area contributed by atoms with E-state index in [-0.39, 0.29) is 11.3 Å². The lowest BCUT2D eigenvalue weighted by Gasteiger charge is -2.27. The van der Waals surface area contributed by atoms with Crippen molar-refractivity contribution in [3.8, 4) is 11.3 Å². The summed E-state index contributed by atoms with van der Waals surface area (Å²) in [5.74, 6) is 0.00165. The molecule has 0 radical (unpaired) electrons. The Morgan fingerprint density at radius 2 is 2.11 bits per heavy atom. The van der Waals surface area contributed by atoms with Gasteiger partial charge >= 0.3 is 0 Å². The number of nitrogens with zero attached hydrogens (tertiary/aromatic N) is 3. The Morgan fingerprint density at radius 1 is 1.29 bits per heavy atom. The van der Waals surface area contributed by atoms with Crippen LogP contribution in [0.4, 0.5) is 4.79 Å². The number of hydrogen-bond acceptors (Lipinski definition) is 7. The van der Waals surface area contributed by atoms with E-state index in [0.717, 1.165) is 54.4 Å². The van der Waals surface area contributed by atoms with Crippen LogP contribution in [0.15, 0.2) is 73.9 Å². The van der Waals surface area contributed by atoms with Gasteiger partial charge in [-0.05, 0) is 75.4 Å². The molecule has 1 aliphatic carbocycles. The van der Waals surface area contributed by atoms with Gasteiger partial charge in [0.25, 0.3) is 11.1 Å². The smallest absolute Gasteiger partial charge is 0.290 e. The SMILES string of the molecule is C=NC(=NC1CCC(NCc2cccc(-c3ccoc3)n2)CC1)NC(=C\C)/C=C1\SC(=O)NC1=O. The average Bonchev–Trinajstić information content (AvgIpc) is 3.52. The van der Waals surface area contributed by atoms with Crippen LogP contribution in [0, 0.1) is 0 Å². The molecule has 4 rings (SSSR count). The Balaban J connectivity index is 1.27. The minimum Gasteiger partial charge on any atom is -0.472 e. The number of aliphatic imine (C=N–C) groups is 2. The van der Waals surface area contributed by atoms with Crippen molar-refractivity contribution >= 4 is 35.6 Å². The minimum atomic E-state index is -0.402. The number of nitrogens with one attached hydrogen (secondary N) is 3. The number of pyridine rings is 1. The number of guanidine groups is 1.